The third-order valence-electron chi connectivity index (χ3n) is 7.36. The van der Waals surface area contributed by atoms with Crippen LogP contribution in [0.3, 0.4) is 0 Å². The van der Waals surface area contributed by atoms with Gasteiger partial charge in [0, 0.05) is 33.6 Å². The fourth-order valence-electron chi connectivity index (χ4n) is 5.52. The number of para-hydroxylation sites is 2. The first kappa shape index (κ1) is 29.6. The fraction of sp³-hybridized carbons (Fsp3) is 0.444. The molecular formula is C36H50N2. The average molecular weight is 511 g/mol. The molecule has 2 aromatic rings. The summed E-state index contributed by atoms with van der Waals surface area (Å²) in [7, 11) is 0. The summed E-state index contributed by atoms with van der Waals surface area (Å²) in [4.78, 5) is 0. The third-order valence-corrected chi connectivity index (χ3v) is 7.36. The zero-order valence-electron chi connectivity index (χ0n) is 25.9. The van der Waals surface area contributed by atoms with Gasteiger partial charge in [0.25, 0.3) is 0 Å². The smallest absolute Gasteiger partial charge is 0.0423 e. The van der Waals surface area contributed by atoms with Crippen LogP contribution in [0.15, 0.2) is 83.0 Å². The van der Waals surface area contributed by atoms with Crippen molar-refractivity contribution < 1.29 is 0 Å². The van der Waals surface area contributed by atoms with E-state index in [4.69, 9.17) is 0 Å². The van der Waals surface area contributed by atoms with Crippen LogP contribution in [0.5, 0.6) is 0 Å². The van der Waals surface area contributed by atoms with Crippen molar-refractivity contribution in [2.75, 3.05) is 10.6 Å². The second kappa shape index (κ2) is 11.4. The van der Waals surface area contributed by atoms with Crippen molar-refractivity contribution in [1.29, 1.82) is 0 Å². The Morgan fingerprint density at radius 2 is 0.842 bits per heavy atom. The van der Waals surface area contributed by atoms with Crippen LogP contribution in [-0.2, 0) is 0 Å². The maximum absolute atomic E-state index is 3.62. The summed E-state index contributed by atoms with van der Waals surface area (Å²) in [6.45, 7) is 26.7. The van der Waals surface area contributed by atoms with E-state index in [0.29, 0.717) is 11.8 Å². The van der Waals surface area contributed by atoms with Gasteiger partial charge in [0.15, 0.2) is 0 Å². The van der Waals surface area contributed by atoms with Crippen LogP contribution in [0.25, 0.3) is 11.1 Å². The van der Waals surface area contributed by atoms with Gasteiger partial charge in [-0.1, -0.05) is 73.5 Å². The van der Waals surface area contributed by atoms with E-state index >= 15 is 0 Å². The van der Waals surface area contributed by atoms with Gasteiger partial charge in [0.1, 0.15) is 0 Å². The van der Waals surface area contributed by atoms with Gasteiger partial charge in [-0.15, -0.1) is 0 Å². The molecule has 0 heterocycles. The van der Waals surface area contributed by atoms with Gasteiger partial charge in [0.05, 0.1) is 0 Å². The van der Waals surface area contributed by atoms with Crippen LogP contribution >= 0.6 is 0 Å². The fourth-order valence-corrected chi connectivity index (χ4v) is 5.52. The highest BCUT2D eigenvalue weighted by atomic mass is 15.0. The van der Waals surface area contributed by atoms with Crippen LogP contribution in [0.4, 0.5) is 11.4 Å². The standard InChI is InChI=1S/2C18H25N/c2*1-12-11-13(2)17(14(12)3)15-9-7-8-10-16(15)19-18(4,5)6/h2*7-12,19H,1-6H3. The van der Waals surface area contributed by atoms with Crippen molar-refractivity contribution in [2.24, 2.45) is 11.8 Å². The van der Waals surface area contributed by atoms with E-state index in [0.717, 1.165) is 0 Å². The molecule has 0 radical (unpaired) electrons. The lowest BCUT2D eigenvalue weighted by atomic mass is 9.94. The summed E-state index contributed by atoms with van der Waals surface area (Å²) in [6.07, 6.45) is 4.72. The van der Waals surface area contributed by atoms with E-state index < -0.39 is 0 Å². The van der Waals surface area contributed by atoms with Crippen LogP contribution in [-0.4, -0.2) is 11.1 Å². The first-order valence-electron chi connectivity index (χ1n) is 14.1. The minimum absolute atomic E-state index is 0.0758. The van der Waals surface area contributed by atoms with E-state index in [1.165, 1.54) is 55.9 Å². The molecule has 38 heavy (non-hydrogen) atoms. The number of benzene rings is 2. The summed E-state index contributed by atoms with van der Waals surface area (Å²) in [6, 6.07) is 17.3. The van der Waals surface area contributed by atoms with Crippen molar-refractivity contribution in [1.82, 2.24) is 0 Å². The van der Waals surface area contributed by atoms with Crippen LogP contribution < -0.4 is 10.6 Å². The highest BCUT2D eigenvalue weighted by Gasteiger charge is 2.23. The predicted molar refractivity (Wildman–Crippen MR) is 171 cm³/mol. The largest absolute Gasteiger partial charge is 0.380 e. The number of nitrogens with one attached hydrogen (secondary N) is 2. The van der Waals surface area contributed by atoms with Crippen LogP contribution in [0, 0.1) is 11.8 Å². The molecule has 0 saturated heterocycles. The van der Waals surface area contributed by atoms with Gasteiger partial charge in [-0.2, -0.15) is 0 Å². The minimum Gasteiger partial charge on any atom is -0.380 e. The van der Waals surface area contributed by atoms with E-state index in [1.807, 2.05) is 0 Å². The molecule has 0 fully saturated rings. The van der Waals surface area contributed by atoms with Crippen molar-refractivity contribution in [3.8, 4) is 0 Å². The average Bonchev–Trinajstić information content (AvgIpc) is 3.19. The number of allylic oxidation sites excluding steroid dienone is 8. The molecule has 2 aliphatic carbocycles. The summed E-state index contributed by atoms with van der Waals surface area (Å²) in [5, 5.41) is 7.24. The predicted octanol–water partition coefficient (Wildman–Crippen LogP) is 10.5. The number of anilines is 2. The summed E-state index contributed by atoms with van der Waals surface area (Å²) >= 11 is 0. The van der Waals surface area contributed by atoms with Gasteiger partial charge in [-0.05, 0) is 115 Å². The Balaban J connectivity index is 0.000000211. The molecule has 0 saturated carbocycles. The van der Waals surface area contributed by atoms with Gasteiger partial charge in [-0.3, -0.25) is 0 Å². The Hall–Kier alpha value is -3.00. The number of hydrogen-bond acceptors (Lipinski definition) is 2. The van der Waals surface area contributed by atoms with E-state index in [9.17, 15) is 0 Å². The Bertz CT molecular complexity index is 1180. The lowest BCUT2D eigenvalue weighted by molar-refractivity contribution is 0.633. The van der Waals surface area contributed by atoms with E-state index in [2.05, 4.69) is 154 Å². The molecule has 2 N–H and O–H groups in total. The number of hydrogen-bond donors (Lipinski definition) is 2. The van der Waals surface area contributed by atoms with Gasteiger partial charge in [-0.25, -0.2) is 0 Å². The normalized spacial score (nSPS) is 19.7. The Labute approximate surface area is 233 Å². The van der Waals surface area contributed by atoms with Crippen LogP contribution in [0.1, 0.15) is 94.2 Å². The highest BCUT2D eigenvalue weighted by molar-refractivity contribution is 5.90. The second-order valence-electron chi connectivity index (χ2n) is 13.2. The maximum Gasteiger partial charge on any atom is 0.0423 e. The van der Waals surface area contributed by atoms with Gasteiger partial charge >= 0.3 is 0 Å². The van der Waals surface area contributed by atoms with Crippen molar-refractivity contribution in [3.63, 3.8) is 0 Å². The minimum atomic E-state index is 0.0758. The number of rotatable bonds is 4. The zero-order chi connectivity index (χ0) is 28.4. The van der Waals surface area contributed by atoms with Gasteiger partial charge in [0.2, 0.25) is 0 Å². The Morgan fingerprint density at radius 1 is 0.526 bits per heavy atom. The molecule has 2 heteroatoms. The lowest BCUT2D eigenvalue weighted by Gasteiger charge is -2.25. The first-order valence-corrected chi connectivity index (χ1v) is 14.1. The molecule has 2 aliphatic rings. The van der Waals surface area contributed by atoms with Crippen molar-refractivity contribution in [3.05, 3.63) is 94.1 Å². The Morgan fingerprint density at radius 3 is 1.11 bits per heavy atom. The monoisotopic (exact) mass is 510 g/mol. The SMILES string of the molecule is CC1=CC(C)C(C)=C1c1ccccc1NC(C)(C)C.CC1=CC(C)C(C)=C1c1ccccc1NC(C)(C)C. The highest BCUT2D eigenvalue weighted by Crippen LogP contribution is 2.41. The van der Waals surface area contributed by atoms with E-state index in [-0.39, 0.29) is 11.1 Å². The molecule has 0 spiro atoms. The second-order valence-corrected chi connectivity index (χ2v) is 13.2. The summed E-state index contributed by atoms with van der Waals surface area (Å²) in [5.74, 6) is 1.11. The molecule has 204 valence electrons. The molecule has 2 nitrogen and oxygen atoms in total. The molecule has 2 atom stereocenters. The first-order chi connectivity index (χ1) is 17.6. The zero-order valence-corrected chi connectivity index (χ0v) is 25.9. The lowest BCUT2D eigenvalue weighted by Crippen LogP contribution is -2.26. The summed E-state index contributed by atoms with van der Waals surface area (Å²) < 4.78 is 0. The van der Waals surface area contributed by atoms with Gasteiger partial charge < -0.3 is 10.6 Å². The van der Waals surface area contributed by atoms with Crippen LogP contribution in [0.2, 0.25) is 0 Å². The summed E-state index contributed by atoms with van der Waals surface area (Å²) in [5.41, 5.74) is 13.8. The molecular weight excluding hydrogens is 460 g/mol. The van der Waals surface area contributed by atoms with Crippen molar-refractivity contribution in [2.45, 2.75) is 94.2 Å². The topological polar surface area (TPSA) is 24.1 Å². The van der Waals surface area contributed by atoms with E-state index in [1.54, 1.807) is 0 Å². The molecule has 0 amide bonds. The molecule has 2 aromatic carbocycles. The maximum atomic E-state index is 3.62. The molecule has 0 aliphatic heterocycles. The Kier molecular flexibility index (Phi) is 8.86. The molecule has 4 rings (SSSR count). The molecule has 0 bridgehead atoms. The third kappa shape index (κ3) is 7.10. The molecule has 0 aromatic heterocycles. The quantitative estimate of drug-likeness (QED) is 0.427. The molecule has 2 unspecified atom stereocenters. The van der Waals surface area contributed by atoms with Crippen molar-refractivity contribution >= 4 is 22.5 Å².